The standard InChI is InChI=1S/C27H38N2O4/c1-7-20(5)28-27(31)25(8-2)29(17-21-10-9-11-24(16-21)32-6)26(30)18-33-23-14-12-22(13-15-23)19(3)4/h9-16,19-20,25H,7-8,17-18H2,1-6H3,(H,28,31). The smallest absolute Gasteiger partial charge is 0.261 e. The molecule has 0 spiro atoms. The molecule has 0 bridgehead atoms. The number of nitrogens with zero attached hydrogens (tertiary/aromatic N) is 1. The lowest BCUT2D eigenvalue weighted by molar-refractivity contribution is -0.143. The van der Waals surface area contributed by atoms with E-state index >= 15 is 0 Å². The zero-order valence-corrected chi connectivity index (χ0v) is 20.8. The normalized spacial score (nSPS) is 12.7. The Morgan fingerprint density at radius 3 is 2.24 bits per heavy atom. The maximum Gasteiger partial charge on any atom is 0.261 e. The van der Waals surface area contributed by atoms with Crippen molar-refractivity contribution in [3.63, 3.8) is 0 Å². The molecule has 0 aromatic heterocycles. The molecule has 33 heavy (non-hydrogen) atoms. The second kappa shape index (κ2) is 12.9. The van der Waals surface area contributed by atoms with Crippen molar-refractivity contribution in [1.82, 2.24) is 10.2 Å². The van der Waals surface area contributed by atoms with Crippen molar-refractivity contribution in [3.05, 3.63) is 59.7 Å². The minimum absolute atomic E-state index is 0.0380. The highest BCUT2D eigenvalue weighted by atomic mass is 16.5. The van der Waals surface area contributed by atoms with Crippen LogP contribution in [0.3, 0.4) is 0 Å². The Morgan fingerprint density at radius 1 is 0.970 bits per heavy atom. The number of hydrogen-bond donors (Lipinski definition) is 1. The third-order valence-electron chi connectivity index (χ3n) is 5.78. The first-order chi connectivity index (χ1) is 15.8. The van der Waals surface area contributed by atoms with Gasteiger partial charge in [-0.15, -0.1) is 0 Å². The number of ether oxygens (including phenoxy) is 2. The maximum absolute atomic E-state index is 13.3. The maximum atomic E-state index is 13.3. The molecule has 2 unspecified atom stereocenters. The summed E-state index contributed by atoms with van der Waals surface area (Å²) in [5, 5.41) is 3.02. The van der Waals surface area contributed by atoms with E-state index < -0.39 is 6.04 Å². The van der Waals surface area contributed by atoms with Crippen LogP contribution < -0.4 is 14.8 Å². The van der Waals surface area contributed by atoms with Crippen molar-refractivity contribution < 1.29 is 19.1 Å². The number of rotatable bonds is 12. The monoisotopic (exact) mass is 454 g/mol. The molecule has 2 rings (SSSR count). The fourth-order valence-electron chi connectivity index (χ4n) is 3.51. The average Bonchev–Trinajstić information content (AvgIpc) is 2.82. The van der Waals surface area contributed by atoms with Crippen LogP contribution in [0.4, 0.5) is 0 Å². The zero-order chi connectivity index (χ0) is 24.4. The molecule has 0 saturated carbocycles. The fourth-order valence-corrected chi connectivity index (χ4v) is 3.51. The lowest BCUT2D eigenvalue weighted by Crippen LogP contribution is -2.51. The molecule has 0 heterocycles. The zero-order valence-electron chi connectivity index (χ0n) is 20.8. The molecule has 0 saturated heterocycles. The van der Waals surface area contributed by atoms with E-state index in [9.17, 15) is 9.59 Å². The molecular formula is C27H38N2O4. The topological polar surface area (TPSA) is 67.9 Å². The van der Waals surface area contributed by atoms with Crippen LogP contribution >= 0.6 is 0 Å². The Balaban J connectivity index is 2.21. The number of nitrogens with one attached hydrogen (secondary N) is 1. The van der Waals surface area contributed by atoms with Gasteiger partial charge in [-0.25, -0.2) is 0 Å². The number of hydrogen-bond acceptors (Lipinski definition) is 4. The second-order valence-corrected chi connectivity index (χ2v) is 8.63. The third kappa shape index (κ3) is 7.81. The lowest BCUT2D eigenvalue weighted by atomic mass is 10.0. The summed E-state index contributed by atoms with van der Waals surface area (Å²) in [4.78, 5) is 27.9. The van der Waals surface area contributed by atoms with Crippen LogP contribution in [0.15, 0.2) is 48.5 Å². The Labute approximate surface area is 198 Å². The van der Waals surface area contributed by atoms with Crippen molar-refractivity contribution >= 4 is 11.8 Å². The van der Waals surface area contributed by atoms with Crippen molar-refractivity contribution in [1.29, 1.82) is 0 Å². The number of amides is 2. The van der Waals surface area contributed by atoms with Crippen LogP contribution in [0.25, 0.3) is 0 Å². The molecule has 1 N–H and O–H groups in total. The Morgan fingerprint density at radius 2 is 1.67 bits per heavy atom. The molecule has 2 aromatic rings. The van der Waals surface area contributed by atoms with Gasteiger partial charge in [0.2, 0.25) is 5.91 Å². The summed E-state index contributed by atoms with van der Waals surface area (Å²) in [7, 11) is 1.61. The quantitative estimate of drug-likeness (QED) is 0.494. The van der Waals surface area contributed by atoms with Crippen molar-refractivity contribution in [2.75, 3.05) is 13.7 Å². The van der Waals surface area contributed by atoms with Crippen LogP contribution in [-0.2, 0) is 16.1 Å². The summed E-state index contributed by atoms with van der Waals surface area (Å²) in [6.45, 7) is 10.3. The Bertz CT molecular complexity index is 895. The number of carbonyl (C=O) groups is 2. The molecule has 0 aliphatic rings. The summed E-state index contributed by atoms with van der Waals surface area (Å²) >= 11 is 0. The van der Waals surface area contributed by atoms with Gasteiger partial charge < -0.3 is 19.7 Å². The Kier molecular flexibility index (Phi) is 10.2. The van der Waals surface area contributed by atoms with Gasteiger partial charge in [-0.05, 0) is 61.1 Å². The van der Waals surface area contributed by atoms with E-state index in [0.717, 1.165) is 12.0 Å². The minimum atomic E-state index is -0.593. The van der Waals surface area contributed by atoms with E-state index in [1.807, 2.05) is 69.3 Å². The molecule has 0 radical (unpaired) electrons. The van der Waals surface area contributed by atoms with E-state index in [0.29, 0.717) is 23.8 Å². The molecule has 0 aliphatic heterocycles. The average molecular weight is 455 g/mol. The van der Waals surface area contributed by atoms with Crippen molar-refractivity contribution in [2.45, 2.75) is 72.0 Å². The van der Waals surface area contributed by atoms with E-state index in [2.05, 4.69) is 19.2 Å². The molecule has 180 valence electrons. The summed E-state index contributed by atoms with van der Waals surface area (Å²) in [5.41, 5.74) is 2.10. The van der Waals surface area contributed by atoms with E-state index in [1.54, 1.807) is 12.0 Å². The first kappa shape index (κ1) is 26.2. The Hall–Kier alpha value is -3.02. The first-order valence-electron chi connectivity index (χ1n) is 11.7. The summed E-state index contributed by atoms with van der Waals surface area (Å²) in [5.74, 6) is 1.37. The molecule has 2 aromatic carbocycles. The van der Waals surface area contributed by atoms with E-state index in [4.69, 9.17) is 9.47 Å². The largest absolute Gasteiger partial charge is 0.497 e. The van der Waals surface area contributed by atoms with Crippen LogP contribution in [0, 0.1) is 0 Å². The van der Waals surface area contributed by atoms with Gasteiger partial charge in [-0.2, -0.15) is 0 Å². The van der Waals surface area contributed by atoms with Gasteiger partial charge in [0.15, 0.2) is 6.61 Å². The van der Waals surface area contributed by atoms with E-state index in [-0.39, 0.29) is 31.0 Å². The summed E-state index contributed by atoms with van der Waals surface area (Å²) < 4.78 is 11.1. The van der Waals surface area contributed by atoms with Gasteiger partial charge in [-0.1, -0.05) is 52.0 Å². The number of benzene rings is 2. The van der Waals surface area contributed by atoms with Crippen LogP contribution in [0.2, 0.25) is 0 Å². The molecule has 6 heteroatoms. The van der Waals surface area contributed by atoms with Gasteiger partial charge in [0.25, 0.3) is 5.91 Å². The van der Waals surface area contributed by atoms with Gasteiger partial charge in [0.1, 0.15) is 17.5 Å². The van der Waals surface area contributed by atoms with E-state index in [1.165, 1.54) is 5.56 Å². The minimum Gasteiger partial charge on any atom is -0.497 e. The van der Waals surface area contributed by atoms with Crippen LogP contribution in [0.1, 0.15) is 64.5 Å². The predicted molar refractivity (Wildman–Crippen MR) is 132 cm³/mol. The van der Waals surface area contributed by atoms with Gasteiger partial charge in [0, 0.05) is 12.6 Å². The molecule has 0 fully saturated rings. The third-order valence-corrected chi connectivity index (χ3v) is 5.78. The second-order valence-electron chi connectivity index (χ2n) is 8.63. The van der Waals surface area contributed by atoms with Crippen molar-refractivity contribution in [2.24, 2.45) is 0 Å². The highest BCUT2D eigenvalue weighted by Crippen LogP contribution is 2.20. The molecule has 6 nitrogen and oxygen atoms in total. The molecular weight excluding hydrogens is 416 g/mol. The first-order valence-corrected chi connectivity index (χ1v) is 11.7. The molecule has 0 aliphatic carbocycles. The fraction of sp³-hybridized carbons (Fsp3) is 0.481. The van der Waals surface area contributed by atoms with Crippen LogP contribution in [0.5, 0.6) is 11.5 Å². The lowest BCUT2D eigenvalue weighted by Gasteiger charge is -2.31. The van der Waals surface area contributed by atoms with Gasteiger partial charge in [0.05, 0.1) is 7.11 Å². The highest BCUT2D eigenvalue weighted by Gasteiger charge is 2.29. The molecule has 2 atom stereocenters. The summed E-state index contributed by atoms with van der Waals surface area (Å²) in [6.07, 6.45) is 1.32. The van der Waals surface area contributed by atoms with Gasteiger partial charge >= 0.3 is 0 Å². The number of methoxy groups -OCH3 is 1. The summed E-state index contributed by atoms with van der Waals surface area (Å²) in [6, 6.07) is 14.7. The highest BCUT2D eigenvalue weighted by molar-refractivity contribution is 5.88. The SMILES string of the molecule is CCC(C)NC(=O)C(CC)N(Cc1cccc(OC)c1)C(=O)COc1ccc(C(C)C)cc1. The number of carbonyl (C=O) groups excluding carboxylic acids is 2. The van der Waals surface area contributed by atoms with Crippen molar-refractivity contribution in [3.8, 4) is 11.5 Å². The van der Waals surface area contributed by atoms with Crippen LogP contribution in [-0.4, -0.2) is 42.5 Å². The predicted octanol–water partition coefficient (Wildman–Crippen LogP) is 4.92. The molecule has 2 amide bonds. The van der Waals surface area contributed by atoms with Gasteiger partial charge in [-0.3, -0.25) is 9.59 Å².